The Morgan fingerprint density at radius 3 is 1.09 bits per heavy atom. The molecule has 0 aromatic heterocycles. The number of hydrogen-bond acceptors (Lipinski definition) is 4. The molecule has 0 bridgehead atoms. The van der Waals surface area contributed by atoms with Crippen LogP contribution in [0.2, 0.25) is 0 Å². The highest BCUT2D eigenvalue weighted by Crippen LogP contribution is 2.68. The van der Waals surface area contributed by atoms with E-state index in [-0.39, 0.29) is 0 Å². The van der Waals surface area contributed by atoms with E-state index in [1.165, 1.54) is 399 Å². The minimum absolute atomic E-state index is 0.321. The van der Waals surface area contributed by atoms with E-state index in [9.17, 15) is 4.79 Å². The summed E-state index contributed by atoms with van der Waals surface area (Å²) in [5.41, 5.74) is 1.16. The van der Waals surface area contributed by atoms with Gasteiger partial charge in [0.15, 0.2) is 0 Å². The molecular weight excluding hydrogens is 1040 g/mol. The Kier molecular flexibility index (Phi) is 46.9. The van der Waals surface area contributed by atoms with Gasteiger partial charge >= 0.3 is 0 Å². The van der Waals surface area contributed by atoms with E-state index in [4.69, 9.17) is 0 Å². The van der Waals surface area contributed by atoms with Crippen molar-refractivity contribution in [3.05, 3.63) is 0 Å². The summed E-state index contributed by atoms with van der Waals surface area (Å²) in [6.07, 6.45) is 80.0. The second-order valence-corrected chi connectivity index (χ2v) is 31.1. The molecule has 86 heavy (non-hydrogen) atoms. The van der Waals surface area contributed by atoms with Crippen molar-refractivity contribution >= 4 is 5.91 Å². The van der Waals surface area contributed by atoms with Gasteiger partial charge in [0, 0.05) is 13.0 Å². The van der Waals surface area contributed by atoms with Crippen LogP contribution in [0.1, 0.15) is 408 Å². The highest BCUT2D eigenvalue weighted by atomic mass is 16.1. The molecule has 0 heterocycles. The molecule has 0 radical (unpaired) electrons. The third kappa shape index (κ3) is 33.8. The third-order valence-corrected chi connectivity index (χ3v) is 24.2. The van der Waals surface area contributed by atoms with Crippen molar-refractivity contribution in [2.75, 3.05) is 65.4 Å². The second-order valence-electron chi connectivity index (χ2n) is 31.1. The largest absolute Gasteiger partial charge is 0.356 e. The van der Waals surface area contributed by atoms with Crippen LogP contribution < -0.4 is 5.32 Å². The highest BCUT2D eigenvalue weighted by molar-refractivity contribution is 5.75. The molecule has 0 aromatic rings. The Morgan fingerprint density at radius 1 is 0.337 bits per heavy atom. The standard InChI is InChI=1S/C81H158N4O/c1-7-11-15-19-23-27-31-35-39-45-65-83(71-52-64-82-79(86)56-51-55-75-58-60-77-76-59-57-74-54-43-44-62-80(74,5)78(76)61-63-81(75,77)6)69-49-50-70-85(68-48-42-38-34-30-26-22-18-14-10-4)73-53-72-84(66-46-40-36-32-28-24-20-16-12-8-2)67-47-41-37-33-29-25-21-17-13-9-3/h74-78H,7-73H2,1-6H3,(H,82,86). The predicted octanol–water partition coefficient (Wildman–Crippen LogP) is 24.5. The van der Waals surface area contributed by atoms with E-state index < -0.39 is 0 Å². The number of amides is 1. The molecule has 1 amide bonds. The molecule has 1 N–H and O–H groups in total. The molecule has 0 spiro atoms. The fourth-order valence-electron chi connectivity index (χ4n) is 18.5. The van der Waals surface area contributed by atoms with Gasteiger partial charge in [-0.25, -0.2) is 0 Å². The van der Waals surface area contributed by atoms with Gasteiger partial charge < -0.3 is 20.0 Å². The Balaban J connectivity index is 1.23. The third-order valence-electron chi connectivity index (χ3n) is 24.2. The van der Waals surface area contributed by atoms with E-state index in [0.717, 1.165) is 61.9 Å². The van der Waals surface area contributed by atoms with Crippen LogP contribution in [0, 0.1) is 40.4 Å². The van der Waals surface area contributed by atoms with Gasteiger partial charge in [-0.3, -0.25) is 4.79 Å². The molecule has 7 unspecified atom stereocenters. The molecule has 4 saturated carbocycles. The van der Waals surface area contributed by atoms with Crippen molar-refractivity contribution in [3.63, 3.8) is 0 Å². The predicted molar refractivity (Wildman–Crippen MR) is 382 cm³/mol. The molecule has 4 fully saturated rings. The number of nitrogens with zero attached hydrogens (tertiary/aromatic N) is 3. The minimum Gasteiger partial charge on any atom is -0.356 e. The molecule has 4 aliphatic rings. The summed E-state index contributed by atoms with van der Waals surface area (Å²) >= 11 is 0. The summed E-state index contributed by atoms with van der Waals surface area (Å²) < 4.78 is 0. The van der Waals surface area contributed by atoms with Gasteiger partial charge in [-0.05, 0) is 215 Å². The van der Waals surface area contributed by atoms with Crippen molar-refractivity contribution in [2.45, 2.75) is 408 Å². The average molecular weight is 1200 g/mol. The number of carbonyl (C=O) groups excluding carboxylic acids is 1. The lowest BCUT2D eigenvalue weighted by Crippen LogP contribution is -2.52. The van der Waals surface area contributed by atoms with E-state index in [1.807, 2.05) is 0 Å². The molecule has 0 aliphatic heterocycles. The highest BCUT2D eigenvalue weighted by Gasteiger charge is 2.59. The summed E-state index contributed by atoms with van der Waals surface area (Å²) in [5.74, 6) is 5.10. The van der Waals surface area contributed by atoms with Gasteiger partial charge in [-0.1, -0.05) is 286 Å². The van der Waals surface area contributed by atoms with Crippen LogP contribution in [0.5, 0.6) is 0 Å². The van der Waals surface area contributed by atoms with Gasteiger partial charge in [0.05, 0.1) is 0 Å². The first kappa shape index (κ1) is 77.8. The van der Waals surface area contributed by atoms with E-state index in [0.29, 0.717) is 16.7 Å². The van der Waals surface area contributed by atoms with Crippen LogP contribution in [-0.2, 0) is 4.79 Å². The lowest BCUT2D eigenvalue weighted by Gasteiger charge is -2.60. The van der Waals surface area contributed by atoms with Crippen molar-refractivity contribution in [2.24, 2.45) is 40.4 Å². The molecule has 4 aliphatic carbocycles. The quantitative estimate of drug-likeness (QED) is 0.0616. The first-order chi connectivity index (χ1) is 42.3. The van der Waals surface area contributed by atoms with E-state index in [2.05, 4.69) is 61.6 Å². The normalized spacial score (nSPS) is 23.0. The van der Waals surface area contributed by atoms with Gasteiger partial charge in [0.25, 0.3) is 0 Å². The first-order valence-electron chi connectivity index (χ1n) is 40.7. The molecule has 5 heteroatoms. The van der Waals surface area contributed by atoms with Crippen molar-refractivity contribution < 1.29 is 4.79 Å². The summed E-state index contributed by atoms with van der Waals surface area (Å²) in [4.78, 5) is 22.1. The number of unbranched alkanes of at least 4 members (excludes halogenated alkanes) is 37. The van der Waals surface area contributed by atoms with Gasteiger partial charge in [-0.15, -0.1) is 0 Å². The van der Waals surface area contributed by atoms with Gasteiger partial charge in [-0.2, -0.15) is 0 Å². The maximum absolute atomic E-state index is 13.4. The zero-order valence-corrected chi connectivity index (χ0v) is 60.0. The monoisotopic (exact) mass is 1200 g/mol. The molecule has 508 valence electrons. The zero-order chi connectivity index (χ0) is 61.3. The average Bonchev–Trinajstić information content (AvgIpc) is 1.41. The van der Waals surface area contributed by atoms with Crippen LogP contribution in [0.3, 0.4) is 0 Å². The summed E-state index contributed by atoms with van der Waals surface area (Å²) in [6.45, 7) is 27.1. The topological polar surface area (TPSA) is 38.8 Å². The minimum atomic E-state index is 0.321. The van der Waals surface area contributed by atoms with Gasteiger partial charge in [0.2, 0.25) is 5.91 Å². The number of nitrogens with one attached hydrogen (secondary N) is 1. The summed E-state index contributed by atoms with van der Waals surface area (Å²) in [5, 5.41) is 3.44. The Morgan fingerprint density at radius 2 is 0.686 bits per heavy atom. The molecule has 5 nitrogen and oxygen atoms in total. The van der Waals surface area contributed by atoms with Crippen molar-refractivity contribution in [1.82, 2.24) is 20.0 Å². The van der Waals surface area contributed by atoms with Crippen molar-refractivity contribution in [3.8, 4) is 0 Å². The van der Waals surface area contributed by atoms with Crippen LogP contribution >= 0.6 is 0 Å². The number of carbonyl (C=O) groups is 1. The lowest BCUT2D eigenvalue weighted by atomic mass is 9.45. The fraction of sp³-hybridized carbons (Fsp3) is 0.988. The zero-order valence-electron chi connectivity index (χ0n) is 60.0. The van der Waals surface area contributed by atoms with Crippen molar-refractivity contribution in [1.29, 1.82) is 0 Å². The summed E-state index contributed by atoms with van der Waals surface area (Å²) in [6, 6.07) is 0. The Bertz CT molecular complexity index is 1500. The maximum atomic E-state index is 13.4. The van der Waals surface area contributed by atoms with Crippen LogP contribution in [0.15, 0.2) is 0 Å². The lowest BCUT2D eigenvalue weighted by molar-refractivity contribution is -0.121. The van der Waals surface area contributed by atoms with Crippen LogP contribution in [0.25, 0.3) is 0 Å². The number of fused-ring (bicyclic) bond motifs is 5. The fourth-order valence-corrected chi connectivity index (χ4v) is 18.5. The SMILES string of the molecule is CCCCCCCCCCCCN(CCCCN(CCCCCCCCCCCC)CCCN(CCCCCCCCCCCC)CCCCCCCCCCCC)CCCNC(=O)CCCC1CCC2C3CCC4CCCCC4(C)C3CCC12C. The smallest absolute Gasteiger partial charge is 0.219 e. The Labute approximate surface area is 541 Å². The van der Waals surface area contributed by atoms with E-state index >= 15 is 0 Å². The molecular formula is C81H158N4O. The number of hydrogen-bond donors (Lipinski definition) is 1. The number of rotatable bonds is 61. The maximum Gasteiger partial charge on any atom is 0.219 e. The molecule has 0 saturated heterocycles. The first-order valence-corrected chi connectivity index (χ1v) is 40.7. The molecule has 0 aromatic carbocycles. The van der Waals surface area contributed by atoms with Crippen LogP contribution in [0.4, 0.5) is 0 Å². The molecule has 4 rings (SSSR count). The Hall–Kier alpha value is -0.650. The van der Waals surface area contributed by atoms with E-state index in [1.54, 1.807) is 0 Å². The van der Waals surface area contributed by atoms with Crippen LogP contribution in [-0.4, -0.2) is 86.1 Å². The van der Waals surface area contributed by atoms with Gasteiger partial charge in [0.1, 0.15) is 0 Å². The molecule has 7 atom stereocenters. The summed E-state index contributed by atoms with van der Waals surface area (Å²) in [7, 11) is 0. The second kappa shape index (κ2) is 51.8.